The Morgan fingerprint density at radius 1 is 0.963 bits per heavy atom. The van der Waals surface area contributed by atoms with Crippen LogP contribution in [0.25, 0.3) is 0 Å². The zero-order chi connectivity index (χ0) is 19.2. The number of halogens is 1. The molecule has 4 N–H and O–H groups in total. The highest BCUT2D eigenvalue weighted by Crippen LogP contribution is 2.28. The topological polar surface area (TPSA) is 80.0 Å². The minimum absolute atomic E-state index is 0. The molecule has 5 nitrogen and oxygen atoms in total. The second-order valence-electron chi connectivity index (χ2n) is 8.16. The third kappa shape index (κ3) is 6.73. The maximum absolute atomic E-state index is 6.20. The van der Waals surface area contributed by atoms with Crippen molar-refractivity contribution in [3.05, 3.63) is 29.8 Å². The summed E-state index contributed by atoms with van der Waals surface area (Å²) in [6.45, 7) is 8.88. The van der Waals surface area contributed by atoms with E-state index in [1.54, 1.807) is 0 Å². The van der Waals surface area contributed by atoms with Gasteiger partial charge in [-0.3, -0.25) is 4.90 Å². The van der Waals surface area contributed by atoms with Gasteiger partial charge in [-0.05, 0) is 36.0 Å². The normalized spacial score (nSPS) is 17.2. The first-order valence-electron chi connectivity index (χ1n) is 9.90. The summed E-state index contributed by atoms with van der Waals surface area (Å²) in [5.74, 6) is 0.707. The highest BCUT2D eigenvalue weighted by molar-refractivity contribution is 6.04. The van der Waals surface area contributed by atoms with Crippen LogP contribution >= 0.6 is 12.4 Å². The summed E-state index contributed by atoms with van der Waals surface area (Å²) in [5.41, 5.74) is 14.5. The first-order chi connectivity index (χ1) is 12.3. The molecular weight excluding hydrogens is 358 g/mol. The SMILES string of the molecule is CCCCCCCCC1N=C(N)N=C(N)N1c1ccc(C(C)(C)C)cc1.Cl. The van der Waals surface area contributed by atoms with Crippen molar-refractivity contribution in [1.29, 1.82) is 0 Å². The van der Waals surface area contributed by atoms with Crippen molar-refractivity contribution in [1.82, 2.24) is 0 Å². The number of rotatable bonds is 8. The lowest BCUT2D eigenvalue weighted by Gasteiger charge is -2.33. The van der Waals surface area contributed by atoms with Gasteiger partial charge in [0.25, 0.3) is 0 Å². The van der Waals surface area contributed by atoms with Gasteiger partial charge in [-0.2, -0.15) is 4.99 Å². The van der Waals surface area contributed by atoms with Crippen LogP contribution in [0.3, 0.4) is 0 Å². The minimum Gasteiger partial charge on any atom is -0.369 e. The smallest absolute Gasteiger partial charge is 0.220 e. The van der Waals surface area contributed by atoms with Gasteiger partial charge >= 0.3 is 0 Å². The number of anilines is 1. The van der Waals surface area contributed by atoms with Crippen molar-refractivity contribution < 1.29 is 0 Å². The van der Waals surface area contributed by atoms with Crippen LogP contribution in [-0.4, -0.2) is 18.1 Å². The Labute approximate surface area is 170 Å². The van der Waals surface area contributed by atoms with Gasteiger partial charge in [-0.1, -0.05) is 71.9 Å². The number of nitrogens with two attached hydrogens (primary N) is 2. The molecule has 0 saturated carbocycles. The molecule has 0 aliphatic carbocycles. The molecule has 1 aliphatic rings. The Kier molecular flexibility index (Phi) is 9.10. The molecule has 152 valence electrons. The molecule has 1 aliphatic heterocycles. The second kappa shape index (κ2) is 10.5. The number of benzene rings is 1. The van der Waals surface area contributed by atoms with Crippen molar-refractivity contribution in [2.45, 2.75) is 84.2 Å². The fourth-order valence-electron chi connectivity index (χ4n) is 3.29. The second-order valence-corrected chi connectivity index (χ2v) is 8.16. The molecule has 0 radical (unpaired) electrons. The van der Waals surface area contributed by atoms with Gasteiger partial charge in [0.1, 0.15) is 6.17 Å². The number of unbranched alkanes of at least 4 members (excludes halogenated alkanes) is 5. The minimum atomic E-state index is -0.0702. The summed E-state index contributed by atoms with van der Waals surface area (Å²) in [7, 11) is 0. The predicted molar refractivity (Wildman–Crippen MR) is 120 cm³/mol. The summed E-state index contributed by atoms with van der Waals surface area (Å²) in [4.78, 5) is 10.7. The lowest BCUT2D eigenvalue weighted by atomic mass is 9.87. The Bertz CT molecular complexity index is 631. The van der Waals surface area contributed by atoms with Gasteiger partial charge in [0.05, 0.1) is 0 Å². The molecule has 0 saturated heterocycles. The Morgan fingerprint density at radius 3 is 2.15 bits per heavy atom. The van der Waals surface area contributed by atoms with Gasteiger partial charge in [-0.25, -0.2) is 4.99 Å². The summed E-state index contributed by atoms with van der Waals surface area (Å²) in [6, 6.07) is 8.53. The number of guanidine groups is 2. The van der Waals surface area contributed by atoms with Crippen molar-refractivity contribution in [3.8, 4) is 0 Å². The molecule has 6 heteroatoms. The van der Waals surface area contributed by atoms with Crippen molar-refractivity contribution >= 4 is 30.0 Å². The lowest BCUT2D eigenvalue weighted by molar-refractivity contribution is 0.539. The molecule has 0 aromatic heterocycles. The summed E-state index contributed by atoms with van der Waals surface area (Å²) < 4.78 is 0. The van der Waals surface area contributed by atoms with Crippen LogP contribution in [0.15, 0.2) is 34.3 Å². The van der Waals surface area contributed by atoms with Gasteiger partial charge < -0.3 is 11.5 Å². The van der Waals surface area contributed by atoms with Crippen molar-refractivity contribution in [2.75, 3.05) is 4.90 Å². The highest BCUT2D eigenvalue weighted by Gasteiger charge is 2.26. The molecule has 27 heavy (non-hydrogen) atoms. The van der Waals surface area contributed by atoms with Crippen LogP contribution in [0.2, 0.25) is 0 Å². The number of hydrogen-bond acceptors (Lipinski definition) is 5. The van der Waals surface area contributed by atoms with Crippen LogP contribution in [0.5, 0.6) is 0 Å². The maximum Gasteiger partial charge on any atom is 0.220 e. The number of nitrogens with zero attached hydrogens (tertiary/aromatic N) is 3. The molecule has 1 unspecified atom stereocenters. The molecule has 0 bridgehead atoms. The molecule has 2 rings (SSSR count). The van der Waals surface area contributed by atoms with E-state index in [4.69, 9.17) is 11.5 Å². The quantitative estimate of drug-likeness (QED) is 0.614. The predicted octanol–water partition coefficient (Wildman–Crippen LogP) is 4.93. The molecule has 0 spiro atoms. The van der Waals surface area contributed by atoms with E-state index in [1.807, 2.05) is 4.90 Å². The van der Waals surface area contributed by atoms with Crippen LogP contribution in [-0.2, 0) is 5.41 Å². The summed E-state index contributed by atoms with van der Waals surface area (Å²) >= 11 is 0. The van der Waals surface area contributed by atoms with E-state index in [0.29, 0.717) is 5.96 Å². The van der Waals surface area contributed by atoms with Crippen LogP contribution in [0, 0.1) is 0 Å². The third-order valence-corrected chi connectivity index (χ3v) is 4.88. The van der Waals surface area contributed by atoms with E-state index in [9.17, 15) is 0 Å². The van der Waals surface area contributed by atoms with Crippen LogP contribution in [0.4, 0.5) is 5.69 Å². The Morgan fingerprint density at radius 2 is 1.56 bits per heavy atom. The molecule has 1 heterocycles. The third-order valence-electron chi connectivity index (χ3n) is 4.88. The van der Waals surface area contributed by atoms with Gasteiger partial charge in [-0.15, -0.1) is 12.4 Å². The van der Waals surface area contributed by atoms with Gasteiger partial charge in [0, 0.05) is 5.69 Å². The summed E-state index contributed by atoms with van der Waals surface area (Å²) in [6.07, 6.45) is 8.39. The molecular formula is C21H36ClN5. The zero-order valence-corrected chi connectivity index (χ0v) is 18.1. The first-order valence-corrected chi connectivity index (χ1v) is 9.90. The van der Waals surface area contributed by atoms with E-state index >= 15 is 0 Å². The first kappa shape index (κ1) is 23.3. The van der Waals surface area contributed by atoms with E-state index in [0.717, 1.165) is 18.5 Å². The highest BCUT2D eigenvalue weighted by atomic mass is 35.5. The molecule has 1 aromatic rings. The molecule has 0 amide bonds. The standard InChI is InChI=1S/C21H35N5.ClH/c1-5-6-7-8-9-10-11-18-24-19(22)25-20(23)26(18)17-14-12-16(13-15-17)21(2,3)4;/h12-15,18H,5-11H2,1-4H3,(H4,22,23,24,25);1H. The monoisotopic (exact) mass is 393 g/mol. The Balaban J connectivity index is 0.00000364. The van der Waals surface area contributed by atoms with Crippen molar-refractivity contribution in [3.63, 3.8) is 0 Å². The zero-order valence-electron chi connectivity index (χ0n) is 17.2. The lowest BCUT2D eigenvalue weighted by Crippen LogP contribution is -2.48. The fourth-order valence-corrected chi connectivity index (χ4v) is 3.29. The summed E-state index contributed by atoms with van der Waals surface area (Å²) in [5, 5.41) is 0. The number of aliphatic imine (C=N–C) groups is 2. The van der Waals surface area contributed by atoms with Crippen LogP contribution in [0.1, 0.15) is 78.2 Å². The molecule has 1 aromatic carbocycles. The fraction of sp³-hybridized carbons (Fsp3) is 0.619. The molecule has 0 fully saturated rings. The van der Waals surface area contributed by atoms with E-state index in [-0.39, 0.29) is 29.9 Å². The average Bonchev–Trinajstić information content (AvgIpc) is 2.57. The van der Waals surface area contributed by atoms with E-state index < -0.39 is 0 Å². The Hall–Kier alpha value is -1.75. The van der Waals surface area contributed by atoms with Crippen LogP contribution < -0.4 is 16.4 Å². The van der Waals surface area contributed by atoms with Gasteiger partial charge in [0.15, 0.2) is 0 Å². The average molecular weight is 394 g/mol. The van der Waals surface area contributed by atoms with E-state index in [1.165, 1.54) is 37.7 Å². The molecule has 1 atom stereocenters. The number of hydrogen-bond donors (Lipinski definition) is 2. The van der Waals surface area contributed by atoms with Gasteiger partial charge in [0.2, 0.25) is 11.9 Å². The maximum atomic E-state index is 6.20. The van der Waals surface area contributed by atoms with Crippen molar-refractivity contribution in [2.24, 2.45) is 21.5 Å². The largest absolute Gasteiger partial charge is 0.369 e. The van der Waals surface area contributed by atoms with E-state index in [2.05, 4.69) is 61.9 Å².